The number of carboxylic acids is 1. The van der Waals surface area contributed by atoms with Gasteiger partial charge in [0.2, 0.25) is 0 Å². The van der Waals surface area contributed by atoms with Gasteiger partial charge in [0.25, 0.3) is 0 Å². The molecule has 174 valence electrons. The van der Waals surface area contributed by atoms with Crippen LogP contribution in [0.5, 0.6) is 5.75 Å². The van der Waals surface area contributed by atoms with Crippen molar-refractivity contribution >= 4 is 45.8 Å². The average molecular weight is 485 g/mol. The van der Waals surface area contributed by atoms with E-state index >= 15 is 0 Å². The van der Waals surface area contributed by atoms with Gasteiger partial charge in [-0.25, -0.2) is 0 Å². The van der Waals surface area contributed by atoms with Crippen molar-refractivity contribution in [2.24, 2.45) is 11.8 Å². The third kappa shape index (κ3) is 5.93. The Kier molecular flexibility index (Phi) is 8.01. The molecule has 33 heavy (non-hydrogen) atoms. The van der Waals surface area contributed by atoms with E-state index < -0.39 is 11.9 Å². The largest absolute Gasteiger partial charge is 0.497 e. The van der Waals surface area contributed by atoms with Crippen molar-refractivity contribution in [2.45, 2.75) is 24.2 Å². The van der Waals surface area contributed by atoms with E-state index in [0.717, 1.165) is 36.2 Å². The Bertz CT molecular complexity index is 1100. The van der Waals surface area contributed by atoms with Gasteiger partial charge in [-0.2, -0.15) is 11.3 Å². The number of aromatic nitrogens is 1. The van der Waals surface area contributed by atoms with E-state index in [0.29, 0.717) is 30.7 Å². The molecule has 2 atom stereocenters. The fourth-order valence-corrected chi connectivity index (χ4v) is 6.26. The van der Waals surface area contributed by atoms with Gasteiger partial charge in [0.05, 0.1) is 18.5 Å². The maximum absolute atomic E-state index is 13.1. The smallest absolute Gasteiger partial charge is 0.308 e. The molecular weight excluding hydrogens is 456 g/mol. The Morgan fingerprint density at radius 1 is 1.30 bits per heavy atom. The molecule has 1 aromatic carbocycles. The summed E-state index contributed by atoms with van der Waals surface area (Å²) in [6, 6.07) is 9.36. The summed E-state index contributed by atoms with van der Waals surface area (Å²) in [5.41, 5.74) is 1.37. The standard InChI is InChI=1S/C25H28N2O4S2/c1-31-18-3-4-23-21(14-18)20(6-9-26-23)24(28)5-2-17-7-10-27(15-22(17)25(29)30)11-13-33-19-8-12-32-16-19/h3-4,6,8-9,12,14,16-17,22H,2,5,7,10-11,13,15H2,1H3,(H,29,30). The van der Waals surface area contributed by atoms with Crippen LogP contribution in [0.3, 0.4) is 0 Å². The van der Waals surface area contributed by atoms with Crippen LogP contribution in [0.2, 0.25) is 0 Å². The molecule has 1 saturated heterocycles. The molecule has 1 aliphatic heterocycles. The second-order valence-electron chi connectivity index (χ2n) is 8.31. The number of piperidine rings is 1. The zero-order valence-electron chi connectivity index (χ0n) is 18.6. The number of carbonyl (C=O) groups is 2. The highest BCUT2D eigenvalue weighted by Gasteiger charge is 2.34. The molecule has 0 radical (unpaired) electrons. The van der Waals surface area contributed by atoms with Crippen LogP contribution in [0.15, 0.2) is 52.2 Å². The summed E-state index contributed by atoms with van der Waals surface area (Å²) in [5, 5.41) is 14.8. The number of benzene rings is 1. The Labute approximate surface area is 202 Å². The summed E-state index contributed by atoms with van der Waals surface area (Å²) in [7, 11) is 1.60. The Morgan fingerprint density at radius 2 is 2.18 bits per heavy atom. The lowest BCUT2D eigenvalue weighted by molar-refractivity contribution is -0.146. The van der Waals surface area contributed by atoms with Crippen molar-refractivity contribution in [1.29, 1.82) is 0 Å². The number of thioether (sulfide) groups is 1. The summed E-state index contributed by atoms with van der Waals surface area (Å²) in [4.78, 5) is 32.9. The van der Waals surface area contributed by atoms with Gasteiger partial charge in [0.15, 0.2) is 5.78 Å². The molecule has 0 spiro atoms. The molecule has 0 saturated carbocycles. The molecule has 1 fully saturated rings. The molecule has 2 unspecified atom stereocenters. The number of fused-ring (bicyclic) bond motifs is 1. The second kappa shape index (κ2) is 11.1. The van der Waals surface area contributed by atoms with E-state index in [1.165, 1.54) is 4.90 Å². The molecule has 4 rings (SSSR count). The van der Waals surface area contributed by atoms with Crippen LogP contribution in [0.4, 0.5) is 0 Å². The van der Waals surface area contributed by atoms with Crippen LogP contribution in [0.1, 0.15) is 29.6 Å². The van der Waals surface area contributed by atoms with Crippen molar-refractivity contribution in [2.75, 3.05) is 32.5 Å². The lowest BCUT2D eigenvalue weighted by atomic mass is 9.81. The third-order valence-corrected chi connectivity index (χ3v) is 8.13. The third-order valence-electron chi connectivity index (χ3n) is 6.32. The normalized spacial score (nSPS) is 18.9. The highest BCUT2D eigenvalue weighted by atomic mass is 32.2. The molecule has 0 bridgehead atoms. The quantitative estimate of drug-likeness (QED) is 0.317. The maximum Gasteiger partial charge on any atom is 0.308 e. The van der Waals surface area contributed by atoms with Crippen molar-refractivity contribution in [3.8, 4) is 5.75 Å². The van der Waals surface area contributed by atoms with Gasteiger partial charge in [-0.1, -0.05) is 0 Å². The van der Waals surface area contributed by atoms with Gasteiger partial charge in [-0.15, -0.1) is 11.8 Å². The van der Waals surface area contributed by atoms with Crippen LogP contribution in [0.25, 0.3) is 10.9 Å². The SMILES string of the molecule is COc1ccc2nccc(C(=O)CCC3CCN(CCSc4ccsc4)CC3C(=O)O)c2c1. The molecule has 1 N–H and O–H groups in total. The van der Waals surface area contributed by atoms with Gasteiger partial charge in [-0.3, -0.25) is 14.6 Å². The molecule has 6 nitrogen and oxygen atoms in total. The lowest BCUT2D eigenvalue weighted by Gasteiger charge is -2.36. The minimum absolute atomic E-state index is 0.00913. The van der Waals surface area contributed by atoms with Crippen LogP contribution in [-0.2, 0) is 4.79 Å². The first-order valence-corrected chi connectivity index (χ1v) is 13.0. The van der Waals surface area contributed by atoms with Crippen LogP contribution >= 0.6 is 23.1 Å². The van der Waals surface area contributed by atoms with E-state index in [1.54, 1.807) is 30.7 Å². The lowest BCUT2D eigenvalue weighted by Crippen LogP contribution is -2.44. The second-order valence-corrected chi connectivity index (χ2v) is 10.3. The predicted molar refractivity (Wildman–Crippen MR) is 133 cm³/mol. The maximum atomic E-state index is 13.1. The van der Waals surface area contributed by atoms with Crippen LogP contribution < -0.4 is 4.74 Å². The summed E-state index contributed by atoms with van der Waals surface area (Å²) < 4.78 is 5.30. The van der Waals surface area contributed by atoms with Gasteiger partial charge in [-0.05, 0) is 61.0 Å². The number of ketones is 1. The Morgan fingerprint density at radius 3 is 2.94 bits per heavy atom. The fourth-order valence-electron chi connectivity index (χ4n) is 4.47. The van der Waals surface area contributed by atoms with Crippen molar-refractivity contribution in [3.63, 3.8) is 0 Å². The van der Waals surface area contributed by atoms with E-state index in [1.807, 2.05) is 30.0 Å². The van der Waals surface area contributed by atoms with E-state index in [4.69, 9.17) is 4.74 Å². The van der Waals surface area contributed by atoms with Crippen molar-refractivity contribution < 1.29 is 19.4 Å². The number of ether oxygens (including phenoxy) is 1. The Hall–Kier alpha value is -2.42. The number of rotatable bonds is 10. The fraction of sp³-hybridized carbons (Fsp3) is 0.400. The van der Waals surface area contributed by atoms with Crippen LogP contribution in [-0.4, -0.2) is 59.2 Å². The number of pyridine rings is 1. The molecule has 3 heterocycles. The van der Waals surface area contributed by atoms with E-state index in [9.17, 15) is 14.7 Å². The molecule has 1 aliphatic rings. The molecule has 0 amide bonds. The number of thiophene rings is 1. The summed E-state index contributed by atoms with van der Waals surface area (Å²) in [5.74, 6) is 0.461. The number of carboxylic acid groups (broad SMARTS) is 1. The first-order chi connectivity index (χ1) is 16.0. The van der Waals surface area contributed by atoms with Crippen molar-refractivity contribution in [3.05, 3.63) is 52.9 Å². The topological polar surface area (TPSA) is 79.7 Å². The average Bonchev–Trinajstić information content (AvgIpc) is 3.35. The van der Waals surface area contributed by atoms with Crippen LogP contribution in [0, 0.1) is 11.8 Å². The molecule has 0 aliphatic carbocycles. The number of carbonyl (C=O) groups excluding carboxylic acids is 1. The van der Waals surface area contributed by atoms with Crippen molar-refractivity contribution in [1.82, 2.24) is 9.88 Å². The monoisotopic (exact) mass is 484 g/mol. The number of nitrogens with zero attached hydrogens (tertiary/aromatic N) is 2. The van der Waals surface area contributed by atoms with Gasteiger partial charge in [0, 0.05) is 52.7 Å². The zero-order valence-corrected chi connectivity index (χ0v) is 20.2. The Balaban J connectivity index is 1.35. The summed E-state index contributed by atoms with van der Waals surface area (Å²) in [6.45, 7) is 2.30. The highest BCUT2D eigenvalue weighted by Crippen LogP contribution is 2.30. The van der Waals surface area contributed by atoms with Gasteiger partial charge in [0.1, 0.15) is 5.75 Å². The molecule has 2 aromatic heterocycles. The zero-order chi connectivity index (χ0) is 23.2. The first kappa shape index (κ1) is 23.7. The van der Waals surface area contributed by atoms with Gasteiger partial charge < -0.3 is 14.7 Å². The summed E-state index contributed by atoms with van der Waals surface area (Å²) in [6.07, 6.45) is 3.37. The summed E-state index contributed by atoms with van der Waals surface area (Å²) >= 11 is 3.50. The minimum Gasteiger partial charge on any atom is -0.497 e. The number of likely N-dealkylation sites (tertiary alicyclic amines) is 1. The minimum atomic E-state index is -0.762. The van der Waals surface area contributed by atoms with Gasteiger partial charge >= 0.3 is 5.97 Å². The number of methoxy groups -OCH3 is 1. The number of hydrogen-bond donors (Lipinski definition) is 1. The van der Waals surface area contributed by atoms with E-state index in [2.05, 4.69) is 26.7 Å². The molecule has 3 aromatic rings. The number of aliphatic carboxylic acids is 1. The van der Waals surface area contributed by atoms with E-state index in [-0.39, 0.29) is 11.7 Å². The number of hydrogen-bond acceptors (Lipinski definition) is 7. The molecular formula is C25H28N2O4S2. The molecule has 8 heteroatoms. The first-order valence-electron chi connectivity index (χ1n) is 11.1. The number of Topliss-reactive ketones (excluding diaryl/α,β-unsaturated/α-hetero) is 1. The predicted octanol–water partition coefficient (Wildman–Crippen LogP) is 5.08. The highest BCUT2D eigenvalue weighted by molar-refractivity contribution is 7.99.